The number of benzene rings is 2. The molecule has 1 aliphatic carbocycles. The average Bonchev–Trinajstić information content (AvgIpc) is 2.93. The third kappa shape index (κ3) is 2.80. The molecule has 0 radical (unpaired) electrons. The normalized spacial score (nSPS) is 27.7. The van der Waals surface area contributed by atoms with Crippen LogP contribution < -0.4 is 5.32 Å². The number of halogens is 2. The van der Waals surface area contributed by atoms with E-state index >= 15 is 0 Å². The average molecular weight is 460 g/mol. The molecule has 3 atom stereocenters. The zero-order valence-electron chi connectivity index (χ0n) is 15.4. The zero-order valence-corrected chi connectivity index (χ0v) is 17.7. The number of fused-ring (bicyclic) bond motifs is 2. The van der Waals surface area contributed by atoms with Crippen molar-refractivity contribution in [3.63, 3.8) is 0 Å². The summed E-state index contributed by atoms with van der Waals surface area (Å²) in [5.74, 6) is -0.468. The molecular formula is C22H20BrClN2O2. The molecule has 1 saturated carbocycles. The van der Waals surface area contributed by atoms with Gasteiger partial charge in [-0.05, 0) is 55.2 Å². The lowest BCUT2D eigenvalue weighted by Gasteiger charge is -2.46. The number of allylic oxidation sites excluding steroid dienone is 1. The molecule has 144 valence electrons. The van der Waals surface area contributed by atoms with Crippen LogP contribution in [0, 0.1) is 5.92 Å². The SMILES string of the molecule is C=C(C)[C@@H]1CC(=NO)C[C@@H](c2cccc(Cl)c2)[C@@]12C(=O)Nc1cc(Br)ccc12. The highest BCUT2D eigenvalue weighted by atomic mass is 79.9. The Balaban J connectivity index is 2.02. The molecule has 1 amide bonds. The molecule has 1 aliphatic heterocycles. The molecule has 0 unspecified atom stereocenters. The van der Waals surface area contributed by atoms with E-state index in [-0.39, 0.29) is 17.7 Å². The van der Waals surface area contributed by atoms with E-state index in [2.05, 4.69) is 33.0 Å². The van der Waals surface area contributed by atoms with E-state index in [1.54, 1.807) is 0 Å². The maximum absolute atomic E-state index is 13.6. The smallest absolute Gasteiger partial charge is 0.236 e. The van der Waals surface area contributed by atoms with Crippen LogP contribution >= 0.6 is 27.5 Å². The van der Waals surface area contributed by atoms with Crippen LogP contribution in [-0.4, -0.2) is 16.8 Å². The first-order valence-corrected chi connectivity index (χ1v) is 10.3. The third-order valence-corrected chi connectivity index (χ3v) is 6.75. The van der Waals surface area contributed by atoms with Crippen LogP contribution in [0.2, 0.25) is 5.02 Å². The van der Waals surface area contributed by atoms with Crippen LogP contribution in [0.4, 0.5) is 5.69 Å². The van der Waals surface area contributed by atoms with Gasteiger partial charge in [0.2, 0.25) is 5.91 Å². The molecule has 4 rings (SSSR count). The molecule has 0 aromatic heterocycles. The van der Waals surface area contributed by atoms with E-state index in [0.717, 1.165) is 26.9 Å². The Hall–Kier alpha value is -2.11. The molecular weight excluding hydrogens is 440 g/mol. The molecule has 2 aliphatic rings. The molecule has 0 saturated heterocycles. The van der Waals surface area contributed by atoms with Crippen LogP contribution in [0.15, 0.2) is 64.2 Å². The molecule has 1 fully saturated rings. The Bertz CT molecular complexity index is 1020. The molecule has 2 N–H and O–H groups in total. The largest absolute Gasteiger partial charge is 0.411 e. The van der Waals surface area contributed by atoms with E-state index < -0.39 is 5.41 Å². The lowest BCUT2D eigenvalue weighted by atomic mass is 9.54. The molecule has 4 nitrogen and oxygen atoms in total. The molecule has 2 aromatic carbocycles. The number of oxime groups is 1. The fraction of sp³-hybridized carbons (Fsp3) is 0.273. The number of carbonyl (C=O) groups excluding carboxylic acids is 1. The standard InChI is InChI=1S/C22H20BrClN2O2/c1-12(2)18-10-16(26-28)11-19(13-4-3-5-15(24)8-13)22(18)17-7-6-14(23)9-20(17)25-21(22)27/h3-9,18-19,28H,1,10-11H2,2H3,(H,25,27)/t18-,19-,22-/m0/s1. The van der Waals surface area contributed by atoms with Gasteiger partial charge in [-0.1, -0.05) is 63.0 Å². The first-order chi connectivity index (χ1) is 13.4. The summed E-state index contributed by atoms with van der Waals surface area (Å²) < 4.78 is 0.906. The summed E-state index contributed by atoms with van der Waals surface area (Å²) in [7, 11) is 0. The summed E-state index contributed by atoms with van der Waals surface area (Å²) >= 11 is 9.78. The van der Waals surface area contributed by atoms with Crippen molar-refractivity contribution in [1.29, 1.82) is 0 Å². The van der Waals surface area contributed by atoms with Gasteiger partial charge in [0.1, 0.15) is 0 Å². The number of nitrogens with one attached hydrogen (secondary N) is 1. The van der Waals surface area contributed by atoms with Gasteiger partial charge >= 0.3 is 0 Å². The first kappa shape index (κ1) is 19.2. The topological polar surface area (TPSA) is 61.7 Å². The van der Waals surface area contributed by atoms with Gasteiger partial charge in [-0.15, -0.1) is 0 Å². The number of amides is 1. The van der Waals surface area contributed by atoms with Crippen LogP contribution in [0.25, 0.3) is 0 Å². The van der Waals surface area contributed by atoms with Crippen molar-refractivity contribution in [2.24, 2.45) is 11.1 Å². The molecule has 0 bridgehead atoms. The van der Waals surface area contributed by atoms with Crippen LogP contribution in [0.1, 0.15) is 36.8 Å². The van der Waals surface area contributed by atoms with Crippen molar-refractivity contribution < 1.29 is 10.0 Å². The predicted molar refractivity (Wildman–Crippen MR) is 115 cm³/mol. The van der Waals surface area contributed by atoms with Crippen molar-refractivity contribution >= 4 is 44.8 Å². The minimum absolute atomic E-state index is 0.0458. The number of hydrogen-bond acceptors (Lipinski definition) is 3. The molecule has 1 heterocycles. The minimum atomic E-state index is -0.833. The molecule has 6 heteroatoms. The Kier molecular flexibility index (Phi) is 4.84. The van der Waals surface area contributed by atoms with E-state index in [1.807, 2.05) is 49.4 Å². The van der Waals surface area contributed by atoms with Crippen LogP contribution in [0.3, 0.4) is 0 Å². The van der Waals surface area contributed by atoms with Crippen molar-refractivity contribution in [1.82, 2.24) is 0 Å². The lowest BCUT2D eigenvalue weighted by molar-refractivity contribution is -0.123. The van der Waals surface area contributed by atoms with Gasteiger partial charge in [0.05, 0.1) is 11.1 Å². The highest BCUT2D eigenvalue weighted by Gasteiger charge is 2.60. The second-order valence-corrected chi connectivity index (χ2v) is 8.95. The van der Waals surface area contributed by atoms with E-state index in [4.69, 9.17) is 11.6 Å². The van der Waals surface area contributed by atoms with Crippen molar-refractivity contribution in [3.05, 3.63) is 75.2 Å². The maximum atomic E-state index is 13.6. The molecule has 28 heavy (non-hydrogen) atoms. The number of nitrogens with zero attached hydrogens (tertiary/aromatic N) is 1. The first-order valence-electron chi connectivity index (χ1n) is 9.10. The Morgan fingerprint density at radius 3 is 2.79 bits per heavy atom. The van der Waals surface area contributed by atoms with Gasteiger partial charge in [0, 0.05) is 27.0 Å². The van der Waals surface area contributed by atoms with Gasteiger partial charge in [0.15, 0.2) is 0 Å². The summed E-state index contributed by atoms with van der Waals surface area (Å²) in [6, 6.07) is 13.5. The number of hydrogen-bond donors (Lipinski definition) is 2. The number of anilines is 1. The van der Waals surface area contributed by atoms with E-state index in [9.17, 15) is 10.0 Å². The second-order valence-electron chi connectivity index (χ2n) is 7.59. The van der Waals surface area contributed by atoms with Gasteiger partial charge < -0.3 is 10.5 Å². The van der Waals surface area contributed by atoms with Crippen LogP contribution in [-0.2, 0) is 10.2 Å². The molecule has 2 aromatic rings. The lowest BCUT2D eigenvalue weighted by Crippen LogP contribution is -2.51. The fourth-order valence-electron chi connectivity index (χ4n) is 4.89. The van der Waals surface area contributed by atoms with Crippen molar-refractivity contribution in [2.75, 3.05) is 5.32 Å². The minimum Gasteiger partial charge on any atom is -0.411 e. The summed E-state index contributed by atoms with van der Waals surface area (Å²) in [6.07, 6.45) is 0.968. The number of carbonyl (C=O) groups is 1. The highest BCUT2D eigenvalue weighted by Crippen LogP contribution is 2.58. The van der Waals surface area contributed by atoms with Gasteiger partial charge in [0.25, 0.3) is 0 Å². The summed E-state index contributed by atoms with van der Waals surface area (Å²) in [5, 5.41) is 16.8. The summed E-state index contributed by atoms with van der Waals surface area (Å²) in [5.41, 5.74) is 3.43. The quantitative estimate of drug-likeness (QED) is 0.334. The zero-order chi connectivity index (χ0) is 20.1. The van der Waals surface area contributed by atoms with E-state index in [1.165, 1.54) is 0 Å². The maximum Gasteiger partial charge on any atom is 0.236 e. The summed E-state index contributed by atoms with van der Waals surface area (Å²) in [4.78, 5) is 13.6. The van der Waals surface area contributed by atoms with Crippen LogP contribution in [0.5, 0.6) is 0 Å². The van der Waals surface area contributed by atoms with Gasteiger partial charge in [-0.2, -0.15) is 0 Å². The van der Waals surface area contributed by atoms with Crippen molar-refractivity contribution in [2.45, 2.75) is 31.1 Å². The Morgan fingerprint density at radius 1 is 1.32 bits per heavy atom. The Morgan fingerprint density at radius 2 is 2.11 bits per heavy atom. The Labute approximate surface area is 177 Å². The van der Waals surface area contributed by atoms with Crippen molar-refractivity contribution in [3.8, 4) is 0 Å². The summed E-state index contributed by atoms with van der Waals surface area (Å²) in [6.45, 7) is 6.12. The fourth-order valence-corrected chi connectivity index (χ4v) is 5.45. The predicted octanol–water partition coefficient (Wildman–Crippen LogP) is 5.89. The van der Waals surface area contributed by atoms with E-state index in [0.29, 0.717) is 23.6 Å². The monoisotopic (exact) mass is 458 g/mol. The number of rotatable bonds is 2. The van der Waals surface area contributed by atoms with Gasteiger partial charge in [-0.3, -0.25) is 4.79 Å². The van der Waals surface area contributed by atoms with Gasteiger partial charge in [-0.25, -0.2) is 0 Å². The second kappa shape index (κ2) is 7.05. The molecule has 1 spiro atoms. The third-order valence-electron chi connectivity index (χ3n) is 6.02. The highest BCUT2D eigenvalue weighted by molar-refractivity contribution is 9.10.